The van der Waals surface area contributed by atoms with Crippen molar-refractivity contribution in [3.8, 4) is 5.75 Å². The van der Waals surface area contributed by atoms with Crippen LogP contribution in [-0.4, -0.2) is 46.6 Å². The number of rotatable bonds is 5. The van der Waals surface area contributed by atoms with Gasteiger partial charge in [0, 0.05) is 24.3 Å². The lowest BCUT2D eigenvalue weighted by Crippen LogP contribution is -2.44. The van der Waals surface area contributed by atoms with E-state index in [9.17, 15) is 8.42 Å². The number of likely N-dealkylation sites (N-methyl/N-ethyl adjacent to an activating group) is 1. The summed E-state index contributed by atoms with van der Waals surface area (Å²) >= 11 is 0. The van der Waals surface area contributed by atoms with E-state index >= 15 is 0 Å². The van der Waals surface area contributed by atoms with Crippen LogP contribution in [0, 0.1) is 0 Å². The first-order valence-electron chi connectivity index (χ1n) is 7.07. The highest BCUT2D eigenvalue weighted by Gasteiger charge is 2.24. The number of benzene rings is 1. The van der Waals surface area contributed by atoms with E-state index in [1.807, 2.05) is 7.05 Å². The number of hydrogen-bond donors (Lipinski definition) is 2. The second-order valence-electron chi connectivity index (χ2n) is 5.39. The van der Waals surface area contributed by atoms with Crippen molar-refractivity contribution in [3.63, 3.8) is 0 Å². The summed E-state index contributed by atoms with van der Waals surface area (Å²) < 4.78 is 32.6. The lowest BCUT2D eigenvalue weighted by atomic mass is 10.0. The second-order valence-corrected chi connectivity index (χ2v) is 7.13. The Morgan fingerprint density at radius 1 is 1.43 bits per heavy atom. The molecule has 0 saturated carbocycles. The van der Waals surface area contributed by atoms with Crippen molar-refractivity contribution >= 4 is 15.7 Å². The van der Waals surface area contributed by atoms with Gasteiger partial charge in [0.25, 0.3) is 0 Å². The molecule has 7 heteroatoms. The minimum absolute atomic E-state index is 0.123. The first kappa shape index (κ1) is 16.1. The molecule has 1 aliphatic heterocycles. The number of nitrogens with two attached hydrogens (primary N) is 1. The predicted molar refractivity (Wildman–Crippen MR) is 82.9 cm³/mol. The van der Waals surface area contributed by atoms with E-state index in [0.717, 1.165) is 19.4 Å². The van der Waals surface area contributed by atoms with Crippen molar-refractivity contribution in [3.05, 3.63) is 18.2 Å². The first-order valence-corrected chi connectivity index (χ1v) is 8.56. The van der Waals surface area contributed by atoms with Gasteiger partial charge in [-0.1, -0.05) is 6.42 Å². The SMILES string of the molecule is COc1cc(N)ccc1S(=O)(=O)NCC1CCCCN1C. The summed E-state index contributed by atoms with van der Waals surface area (Å²) in [5.41, 5.74) is 6.12. The number of piperidine rings is 1. The number of anilines is 1. The van der Waals surface area contributed by atoms with Gasteiger partial charge in [0.1, 0.15) is 10.6 Å². The molecular weight excluding hydrogens is 290 g/mol. The molecule has 6 nitrogen and oxygen atoms in total. The molecule has 0 aliphatic carbocycles. The van der Waals surface area contributed by atoms with Crippen molar-refractivity contribution in [1.29, 1.82) is 0 Å². The molecule has 3 N–H and O–H groups in total. The van der Waals surface area contributed by atoms with Crippen LogP contribution in [0.5, 0.6) is 5.75 Å². The van der Waals surface area contributed by atoms with Gasteiger partial charge in [-0.25, -0.2) is 13.1 Å². The van der Waals surface area contributed by atoms with Crippen LogP contribution in [0.3, 0.4) is 0 Å². The maximum absolute atomic E-state index is 12.4. The molecule has 0 aromatic heterocycles. The molecule has 1 aliphatic rings. The number of likely N-dealkylation sites (tertiary alicyclic amines) is 1. The van der Waals surface area contributed by atoms with Gasteiger partial charge in [0.2, 0.25) is 10.0 Å². The number of nitrogens with zero attached hydrogens (tertiary/aromatic N) is 1. The van der Waals surface area contributed by atoms with E-state index in [4.69, 9.17) is 10.5 Å². The molecule has 0 amide bonds. The minimum atomic E-state index is -3.60. The van der Waals surface area contributed by atoms with Gasteiger partial charge >= 0.3 is 0 Å². The third kappa shape index (κ3) is 3.87. The van der Waals surface area contributed by atoms with Crippen molar-refractivity contribution in [2.75, 3.05) is 33.0 Å². The number of nitrogens with one attached hydrogen (secondary N) is 1. The van der Waals surface area contributed by atoms with Crippen LogP contribution in [0.4, 0.5) is 5.69 Å². The topological polar surface area (TPSA) is 84.7 Å². The van der Waals surface area contributed by atoms with Crippen LogP contribution in [0.25, 0.3) is 0 Å². The van der Waals surface area contributed by atoms with E-state index in [1.54, 1.807) is 6.07 Å². The monoisotopic (exact) mass is 313 g/mol. The molecule has 1 fully saturated rings. The molecule has 1 aromatic rings. The van der Waals surface area contributed by atoms with Gasteiger partial charge < -0.3 is 15.4 Å². The van der Waals surface area contributed by atoms with Crippen LogP contribution in [0.1, 0.15) is 19.3 Å². The zero-order chi connectivity index (χ0) is 15.5. The summed E-state index contributed by atoms with van der Waals surface area (Å²) in [6.07, 6.45) is 3.32. The predicted octanol–water partition coefficient (Wildman–Crippen LogP) is 1.04. The lowest BCUT2D eigenvalue weighted by molar-refractivity contribution is 0.187. The Morgan fingerprint density at radius 2 is 2.19 bits per heavy atom. The van der Waals surface area contributed by atoms with Crippen LogP contribution < -0.4 is 15.2 Å². The molecule has 1 saturated heterocycles. The molecule has 0 bridgehead atoms. The van der Waals surface area contributed by atoms with Crippen molar-refractivity contribution in [2.24, 2.45) is 0 Å². The fourth-order valence-electron chi connectivity index (χ4n) is 2.59. The lowest BCUT2D eigenvalue weighted by Gasteiger charge is -2.32. The molecule has 21 heavy (non-hydrogen) atoms. The normalized spacial score (nSPS) is 20.4. The van der Waals surface area contributed by atoms with E-state index in [0.29, 0.717) is 12.2 Å². The third-order valence-corrected chi connectivity index (χ3v) is 5.37. The van der Waals surface area contributed by atoms with E-state index < -0.39 is 10.0 Å². The fraction of sp³-hybridized carbons (Fsp3) is 0.571. The van der Waals surface area contributed by atoms with Gasteiger partial charge in [-0.3, -0.25) is 0 Å². The van der Waals surface area contributed by atoms with E-state index in [1.165, 1.54) is 25.7 Å². The van der Waals surface area contributed by atoms with Gasteiger partial charge in [-0.05, 0) is 38.6 Å². The Morgan fingerprint density at radius 3 is 2.86 bits per heavy atom. The Bertz CT molecular complexity index is 589. The quantitative estimate of drug-likeness (QED) is 0.794. The molecule has 2 rings (SSSR count). The molecule has 1 heterocycles. The average Bonchev–Trinajstić information content (AvgIpc) is 2.46. The second kappa shape index (κ2) is 6.64. The summed E-state index contributed by atoms with van der Waals surface area (Å²) in [5.74, 6) is 0.263. The standard InChI is InChI=1S/C14H23N3O3S/c1-17-8-4-3-5-12(17)10-16-21(18,19)14-7-6-11(15)9-13(14)20-2/h6-7,9,12,16H,3-5,8,10,15H2,1-2H3. The van der Waals surface area contributed by atoms with Crippen LogP contribution in [-0.2, 0) is 10.0 Å². The molecule has 1 unspecified atom stereocenters. The highest BCUT2D eigenvalue weighted by atomic mass is 32.2. The van der Waals surface area contributed by atoms with E-state index in [-0.39, 0.29) is 16.7 Å². The fourth-order valence-corrected chi connectivity index (χ4v) is 3.81. The first-order chi connectivity index (χ1) is 9.94. The molecular formula is C14H23N3O3S. The number of ether oxygens (including phenoxy) is 1. The Balaban J connectivity index is 2.11. The molecule has 118 valence electrons. The largest absolute Gasteiger partial charge is 0.495 e. The Kier molecular flexibility index (Phi) is 5.08. The van der Waals surface area contributed by atoms with Crippen LogP contribution in [0.2, 0.25) is 0 Å². The smallest absolute Gasteiger partial charge is 0.244 e. The van der Waals surface area contributed by atoms with Crippen molar-refractivity contribution in [2.45, 2.75) is 30.2 Å². The zero-order valence-electron chi connectivity index (χ0n) is 12.5. The summed E-state index contributed by atoms with van der Waals surface area (Å²) in [6.45, 7) is 1.42. The summed E-state index contributed by atoms with van der Waals surface area (Å²) in [6, 6.07) is 4.79. The number of nitrogen functional groups attached to an aromatic ring is 1. The molecule has 1 atom stereocenters. The number of sulfonamides is 1. The minimum Gasteiger partial charge on any atom is -0.495 e. The van der Waals surface area contributed by atoms with Crippen LogP contribution in [0.15, 0.2) is 23.1 Å². The number of hydrogen-bond acceptors (Lipinski definition) is 5. The molecule has 0 radical (unpaired) electrons. The number of methoxy groups -OCH3 is 1. The van der Waals surface area contributed by atoms with Gasteiger partial charge in [-0.2, -0.15) is 0 Å². The maximum atomic E-state index is 12.4. The highest BCUT2D eigenvalue weighted by molar-refractivity contribution is 7.89. The van der Waals surface area contributed by atoms with Gasteiger partial charge in [0.05, 0.1) is 7.11 Å². The third-order valence-electron chi connectivity index (χ3n) is 3.91. The summed E-state index contributed by atoms with van der Waals surface area (Å²) in [4.78, 5) is 2.32. The van der Waals surface area contributed by atoms with Crippen LogP contribution >= 0.6 is 0 Å². The maximum Gasteiger partial charge on any atom is 0.244 e. The summed E-state index contributed by atoms with van der Waals surface area (Å²) in [7, 11) is -0.137. The van der Waals surface area contributed by atoms with Crippen molar-refractivity contribution in [1.82, 2.24) is 9.62 Å². The highest BCUT2D eigenvalue weighted by Crippen LogP contribution is 2.26. The Labute approximate surface area is 126 Å². The van der Waals surface area contributed by atoms with Gasteiger partial charge in [0.15, 0.2) is 0 Å². The van der Waals surface area contributed by atoms with Gasteiger partial charge in [-0.15, -0.1) is 0 Å². The molecule has 0 spiro atoms. The van der Waals surface area contributed by atoms with E-state index in [2.05, 4.69) is 9.62 Å². The average molecular weight is 313 g/mol. The summed E-state index contributed by atoms with van der Waals surface area (Å²) in [5, 5.41) is 0. The Hall–Kier alpha value is -1.31. The molecule has 1 aromatic carbocycles. The van der Waals surface area contributed by atoms with Crippen molar-refractivity contribution < 1.29 is 13.2 Å². The zero-order valence-corrected chi connectivity index (χ0v) is 13.3.